The van der Waals surface area contributed by atoms with Crippen LogP contribution in [0.5, 0.6) is 23.0 Å². The zero-order valence-corrected chi connectivity index (χ0v) is 19.0. The lowest BCUT2D eigenvalue weighted by Gasteiger charge is -2.46. The van der Waals surface area contributed by atoms with Crippen molar-refractivity contribution in [2.75, 3.05) is 27.1 Å². The average Bonchev–Trinajstić information content (AvgIpc) is 3.51. The van der Waals surface area contributed by atoms with Gasteiger partial charge in [0.2, 0.25) is 6.79 Å². The second-order valence-electron chi connectivity index (χ2n) is 9.27. The Labute approximate surface area is 189 Å². The smallest absolute Gasteiger partial charge is 0.231 e. The highest BCUT2D eigenvalue weighted by molar-refractivity contribution is 5.88. The van der Waals surface area contributed by atoms with Gasteiger partial charge in [-0.05, 0) is 67.0 Å². The molecule has 1 saturated carbocycles. The molecule has 2 aromatic carbocycles. The van der Waals surface area contributed by atoms with Crippen LogP contribution < -0.4 is 18.9 Å². The topological polar surface area (TPSA) is 40.2 Å². The highest BCUT2D eigenvalue weighted by Crippen LogP contribution is 2.54. The molecular weight excluding hydrogens is 402 g/mol. The average molecular weight is 434 g/mol. The molecule has 3 heterocycles. The van der Waals surface area contributed by atoms with Gasteiger partial charge in [0.15, 0.2) is 23.0 Å². The number of hydrogen-bond acceptors (Lipinski definition) is 5. The molecule has 1 aliphatic carbocycles. The first-order valence-corrected chi connectivity index (χ1v) is 12.0. The zero-order chi connectivity index (χ0) is 21.7. The van der Waals surface area contributed by atoms with Crippen molar-refractivity contribution in [3.8, 4) is 23.0 Å². The van der Waals surface area contributed by atoms with Crippen molar-refractivity contribution >= 4 is 11.8 Å². The predicted octanol–water partition coefficient (Wildman–Crippen LogP) is 5.81. The standard InChI is InChI=1S/C27H31NO4/c1-3-12-30-27-22(29-2)9-8-19-13-21-20-15-24-23(31-16-32-24)14-18(20)10-11-28(21)26(25(19)27)17-6-4-5-7-17/h8-9,13-15,17,26H,3-7,10-12,16H2,1-2H3. The van der Waals surface area contributed by atoms with Gasteiger partial charge in [-0.1, -0.05) is 25.8 Å². The van der Waals surface area contributed by atoms with E-state index in [1.807, 2.05) is 0 Å². The van der Waals surface area contributed by atoms with Gasteiger partial charge < -0.3 is 23.8 Å². The van der Waals surface area contributed by atoms with E-state index in [4.69, 9.17) is 18.9 Å². The normalized spacial score (nSPS) is 21.0. The summed E-state index contributed by atoms with van der Waals surface area (Å²) in [5.74, 6) is 4.15. The van der Waals surface area contributed by atoms with Gasteiger partial charge in [-0.25, -0.2) is 0 Å². The summed E-state index contributed by atoms with van der Waals surface area (Å²) in [6, 6.07) is 8.95. The van der Waals surface area contributed by atoms with E-state index >= 15 is 0 Å². The summed E-state index contributed by atoms with van der Waals surface area (Å²) in [4.78, 5) is 2.64. The fourth-order valence-electron chi connectivity index (χ4n) is 6.00. The van der Waals surface area contributed by atoms with Crippen molar-refractivity contribution in [3.63, 3.8) is 0 Å². The first kappa shape index (κ1) is 19.8. The monoisotopic (exact) mass is 433 g/mol. The van der Waals surface area contributed by atoms with Gasteiger partial charge in [-0.2, -0.15) is 0 Å². The zero-order valence-electron chi connectivity index (χ0n) is 19.0. The number of benzene rings is 2. The lowest BCUT2D eigenvalue weighted by molar-refractivity contribution is 0.174. The minimum absolute atomic E-state index is 0.312. The molecule has 0 saturated heterocycles. The molecule has 0 spiro atoms. The third-order valence-corrected chi connectivity index (χ3v) is 7.44. The molecule has 4 aliphatic rings. The molecule has 0 amide bonds. The first-order valence-electron chi connectivity index (χ1n) is 12.0. The lowest BCUT2D eigenvalue weighted by Crippen LogP contribution is -2.38. The molecule has 168 valence electrons. The van der Waals surface area contributed by atoms with Crippen molar-refractivity contribution in [2.45, 2.75) is 51.5 Å². The number of ether oxygens (including phenoxy) is 4. The van der Waals surface area contributed by atoms with Crippen LogP contribution in [0.2, 0.25) is 0 Å². The molecule has 1 atom stereocenters. The maximum atomic E-state index is 6.36. The van der Waals surface area contributed by atoms with E-state index in [2.05, 4.69) is 42.2 Å². The van der Waals surface area contributed by atoms with Crippen LogP contribution in [0.15, 0.2) is 24.3 Å². The van der Waals surface area contributed by atoms with Gasteiger partial charge in [0.05, 0.1) is 19.8 Å². The molecule has 32 heavy (non-hydrogen) atoms. The Kier molecular flexibility index (Phi) is 4.93. The van der Waals surface area contributed by atoms with E-state index in [9.17, 15) is 0 Å². The Morgan fingerprint density at radius 2 is 1.91 bits per heavy atom. The summed E-state index contributed by atoms with van der Waals surface area (Å²) in [6.07, 6.45) is 9.50. The maximum Gasteiger partial charge on any atom is 0.231 e. The first-order chi connectivity index (χ1) is 15.8. The van der Waals surface area contributed by atoms with E-state index in [1.54, 1.807) is 7.11 Å². The van der Waals surface area contributed by atoms with E-state index < -0.39 is 0 Å². The fourth-order valence-corrected chi connectivity index (χ4v) is 6.00. The van der Waals surface area contributed by atoms with Gasteiger partial charge in [-0.3, -0.25) is 0 Å². The second-order valence-corrected chi connectivity index (χ2v) is 9.27. The third kappa shape index (κ3) is 3.05. The molecule has 0 radical (unpaired) electrons. The Morgan fingerprint density at radius 3 is 2.69 bits per heavy atom. The molecule has 6 rings (SSSR count). The van der Waals surface area contributed by atoms with Crippen LogP contribution in [-0.4, -0.2) is 32.0 Å². The molecule has 0 bridgehead atoms. The van der Waals surface area contributed by atoms with Crippen LogP contribution in [0, 0.1) is 5.92 Å². The Bertz CT molecular complexity index is 1070. The van der Waals surface area contributed by atoms with Crippen LogP contribution in [0.4, 0.5) is 0 Å². The van der Waals surface area contributed by atoms with Gasteiger partial charge >= 0.3 is 0 Å². The van der Waals surface area contributed by atoms with E-state index in [0.29, 0.717) is 25.4 Å². The summed E-state index contributed by atoms with van der Waals surface area (Å²) < 4.78 is 23.5. The molecule has 0 aromatic heterocycles. The van der Waals surface area contributed by atoms with Gasteiger partial charge in [0.1, 0.15) is 0 Å². The van der Waals surface area contributed by atoms with Crippen LogP contribution in [0.25, 0.3) is 11.8 Å². The molecule has 5 heteroatoms. The van der Waals surface area contributed by atoms with Crippen LogP contribution in [0.1, 0.15) is 67.3 Å². The summed E-state index contributed by atoms with van der Waals surface area (Å²) in [6.45, 7) is 4.17. The highest BCUT2D eigenvalue weighted by Gasteiger charge is 2.41. The highest BCUT2D eigenvalue weighted by atomic mass is 16.7. The summed E-state index contributed by atoms with van der Waals surface area (Å²) in [7, 11) is 1.75. The van der Waals surface area contributed by atoms with Crippen LogP contribution >= 0.6 is 0 Å². The number of rotatable bonds is 5. The number of nitrogens with zero attached hydrogens (tertiary/aromatic N) is 1. The van der Waals surface area contributed by atoms with Crippen molar-refractivity contribution < 1.29 is 18.9 Å². The maximum absolute atomic E-state index is 6.36. The van der Waals surface area contributed by atoms with Crippen molar-refractivity contribution in [3.05, 3.63) is 46.5 Å². The minimum Gasteiger partial charge on any atom is -0.493 e. The van der Waals surface area contributed by atoms with E-state index in [1.165, 1.54) is 53.6 Å². The van der Waals surface area contributed by atoms with Gasteiger partial charge in [0, 0.05) is 23.4 Å². The van der Waals surface area contributed by atoms with Crippen molar-refractivity contribution in [1.82, 2.24) is 4.90 Å². The fraction of sp³-hybridized carbons (Fsp3) is 0.481. The lowest BCUT2D eigenvalue weighted by atomic mass is 9.80. The molecule has 1 unspecified atom stereocenters. The summed E-state index contributed by atoms with van der Waals surface area (Å²) in [5, 5.41) is 0. The van der Waals surface area contributed by atoms with Crippen molar-refractivity contribution in [1.29, 1.82) is 0 Å². The Morgan fingerprint density at radius 1 is 1.09 bits per heavy atom. The van der Waals surface area contributed by atoms with E-state index in [-0.39, 0.29) is 0 Å². The molecule has 1 fully saturated rings. The number of fused-ring (bicyclic) bond motifs is 5. The van der Waals surface area contributed by atoms with Crippen molar-refractivity contribution in [2.24, 2.45) is 5.92 Å². The third-order valence-electron chi connectivity index (χ3n) is 7.44. The van der Waals surface area contributed by atoms with Gasteiger partial charge in [-0.15, -0.1) is 0 Å². The molecule has 5 nitrogen and oxygen atoms in total. The summed E-state index contributed by atoms with van der Waals surface area (Å²) in [5.41, 5.74) is 6.51. The number of methoxy groups -OCH3 is 1. The van der Waals surface area contributed by atoms with Crippen LogP contribution in [0.3, 0.4) is 0 Å². The Balaban J connectivity index is 1.54. The minimum atomic E-state index is 0.312. The molecular formula is C27H31NO4. The van der Waals surface area contributed by atoms with Crippen LogP contribution in [-0.2, 0) is 6.42 Å². The second kappa shape index (κ2) is 7.95. The molecule has 2 aromatic rings. The number of hydrogen-bond donors (Lipinski definition) is 0. The van der Waals surface area contributed by atoms with Gasteiger partial charge in [0.25, 0.3) is 0 Å². The SMILES string of the molecule is CCCOc1c(OC)ccc2c1C(C1CCCC1)N1CCc3cc4c(cc3C1=C2)OCO4. The Hall–Kier alpha value is -2.82. The quantitative estimate of drug-likeness (QED) is 0.595. The summed E-state index contributed by atoms with van der Waals surface area (Å²) >= 11 is 0. The largest absolute Gasteiger partial charge is 0.493 e. The molecule has 0 N–H and O–H groups in total. The van der Waals surface area contributed by atoms with E-state index in [0.717, 1.165) is 42.4 Å². The molecule has 3 aliphatic heterocycles. The predicted molar refractivity (Wildman–Crippen MR) is 124 cm³/mol.